The molecule has 3 heterocycles. The van der Waals surface area contributed by atoms with Gasteiger partial charge in [-0.1, -0.05) is 6.92 Å². The van der Waals surface area contributed by atoms with E-state index in [1.807, 2.05) is 0 Å². The molecule has 2 atom stereocenters. The maximum absolute atomic E-state index is 13.4. The van der Waals surface area contributed by atoms with Gasteiger partial charge in [0, 0.05) is 30.4 Å². The average Bonchev–Trinajstić information content (AvgIpc) is 2.77. The first kappa shape index (κ1) is 21.7. The Morgan fingerprint density at radius 2 is 1.87 bits per heavy atom. The number of halogens is 3. The van der Waals surface area contributed by atoms with Gasteiger partial charge in [0.05, 0.1) is 15.7 Å². The summed E-state index contributed by atoms with van der Waals surface area (Å²) in [6, 6.07) is 4.36. The van der Waals surface area contributed by atoms with Gasteiger partial charge in [-0.15, -0.1) is 10.2 Å². The van der Waals surface area contributed by atoms with E-state index in [1.54, 1.807) is 13.0 Å². The third kappa shape index (κ3) is 4.93. The van der Waals surface area contributed by atoms with Crippen LogP contribution in [0.25, 0.3) is 23.0 Å². The van der Waals surface area contributed by atoms with Gasteiger partial charge in [-0.3, -0.25) is 4.21 Å². The number of nitrogens with zero attached hydrogens (tertiary/aromatic N) is 6. The predicted molar refractivity (Wildman–Crippen MR) is 102 cm³/mol. The minimum absolute atomic E-state index is 0.196. The Kier molecular flexibility index (Phi) is 6.65. The molecular weight excluding hydrogens is 421 g/mol. The van der Waals surface area contributed by atoms with Crippen LogP contribution in [0.1, 0.15) is 13.8 Å². The monoisotopic (exact) mass is 438 g/mol. The number of hydrogen-bond donors (Lipinski definition) is 0. The number of hydrogen-bond acceptors (Lipinski definition) is 8. The number of alkyl halides is 3. The Hall–Kier alpha value is -3.02. The molecule has 0 aliphatic rings. The van der Waals surface area contributed by atoms with Crippen LogP contribution >= 0.6 is 0 Å². The molecule has 30 heavy (non-hydrogen) atoms. The van der Waals surface area contributed by atoms with Crippen molar-refractivity contribution in [1.29, 1.82) is 0 Å². The van der Waals surface area contributed by atoms with Crippen molar-refractivity contribution in [1.82, 2.24) is 30.1 Å². The summed E-state index contributed by atoms with van der Waals surface area (Å²) in [6.07, 6.45) is 2.10. The van der Waals surface area contributed by atoms with Crippen molar-refractivity contribution in [3.63, 3.8) is 0 Å². The van der Waals surface area contributed by atoms with Crippen LogP contribution in [-0.2, 0) is 10.8 Å². The van der Waals surface area contributed by atoms with Gasteiger partial charge in [-0.05, 0) is 19.1 Å². The minimum atomic E-state index is -3.65. The summed E-state index contributed by atoms with van der Waals surface area (Å²) in [6.45, 7) is 1.31. The van der Waals surface area contributed by atoms with Gasteiger partial charge in [-0.2, -0.15) is 8.78 Å². The third-order valence-corrected chi connectivity index (χ3v) is 5.22. The van der Waals surface area contributed by atoms with E-state index in [2.05, 4.69) is 30.1 Å². The zero-order valence-corrected chi connectivity index (χ0v) is 16.8. The van der Waals surface area contributed by atoms with Gasteiger partial charge >= 0.3 is 5.92 Å². The summed E-state index contributed by atoms with van der Waals surface area (Å²) < 4.78 is 56.8. The number of rotatable bonds is 8. The van der Waals surface area contributed by atoms with Crippen molar-refractivity contribution < 1.29 is 22.1 Å². The predicted octanol–water partition coefficient (Wildman–Crippen LogP) is 2.89. The summed E-state index contributed by atoms with van der Waals surface area (Å²) >= 11 is 0. The van der Waals surface area contributed by atoms with E-state index < -0.39 is 29.5 Å². The molecule has 0 aliphatic heterocycles. The molecule has 0 amide bonds. The summed E-state index contributed by atoms with van der Waals surface area (Å²) in [5.74, 6) is -3.08. The van der Waals surface area contributed by atoms with Gasteiger partial charge in [0.1, 0.15) is 11.4 Å². The fraction of sp³-hybridized carbons (Fsp3) is 0.333. The van der Waals surface area contributed by atoms with Crippen LogP contribution in [0, 0.1) is 0 Å². The molecule has 3 aromatic rings. The van der Waals surface area contributed by atoms with Gasteiger partial charge < -0.3 is 4.74 Å². The molecule has 3 aromatic heterocycles. The quantitative estimate of drug-likeness (QED) is 0.529. The molecule has 0 aliphatic carbocycles. The molecule has 3 rings (SSSR count). The van der Waals surface area contributed by atoms with Crippen molar-refractivity contribution in [2.24, 2.45) is 0 Å². The second kappa shape index (κ2) is 9.20. The normalized spacial score (nSPS) is 13.6. The second-order valence-corrected chi connectivity index (χ2v) is 7.74. The van der Waals surface area contributed by atoms with Crippen LogP contribution in [0.2, 0.25) is 0 Å². The molecule has 158 valence electrons. The molecule has 0 spiro atoms. The summed E-state index contributed by atoms with van der Waals surface area (Å²) in [4.78, 5) is 17.1. The molecule has 8 nitrogen and oxygen atoms in total. The molecule has 0 saturated heterocycles. The topological polar surface area (TPSA) is 104 Å². The number of aromatic nitrogens is 6. The van der Waals surface area contributed by atoms with Crippen LogP contribution in [0.15, 0.2) is 41.7 Å². The fourth-order valence-electron chi connectivity index (χ4n) is 2.21. The maximum Gasteiger partial charge on any atom is 0.311 e. The van der Waals surface area contributed by atoms with Crippen molar-refractivity contribution in [3.05, 3.63) is 36.8 Å². The molecule has 0 bridgehead atoms. The van der Waals surface area contributed by atoms with Crippen molar-refractivity contribution in [2.75, 3.05) is 12.4 Å². The molecule has 0 aromatic carbocycles. The molecular formula is C18H17F3N6O2S. The van der Waals surface area contributed by atoms with Crippen LogP contribution < -0.4 is 4.74 Å². The molecule has 0 fully saturated rings. The molecule has 0 saturated carbocycles. The molecule has 0 N–H and O–H groups in total. The van der Waals surface area contributed by atoms with E-state index in [9.17, 15) is 17.4 Å². The van der Waals surface area contributed by atoms with E-state index in [0.29, 0.717) is 10.6 Å². The fourth-order valence-corrected chi connectivity index (χ4v) is 3.05. The maximum atomic E-state index is 13.4. The lowest BCUT2D eigenvalue weighted by Crippen LogP contribution is -2.34. The van der Waals surface area contributed by atoms with Gasteiger partial charge in [0.25, 0.3) is 0 Å². The Balaban J connectivity index is 1.92. The van der Waals surface area contributed by atoms with Crippen molar-refractivity contribution in [2.45, 2.75) is 30.8 Å². The van der Waals surface area contributed by atoms with E-state index in [1.165, 1.54) is 30.7 Å². The van der Waals surface area contributed by atoms with E-state index in [-0.39, 0.29) is 28.9 Å². The van der Waals surface area contributed by atoms with Gasteiger partial charge in [-0.25, -0.2) is 24.3 Å². The molecule has 12 heteroatoms. The highest BCUT2D eigenvalue weighted by Gasteiger charge is 2.38. The van der Waals surface area contributed by atoms with Crippen LogP contribution in [-0.4, -0.2) is 58.8 Å². The average molecular weight is 438 g/mol. The van der Waals surface area contributed by atoms with E-state index in [0.717, 1.165) is 6.92 Å². The first-order valence-electron chi connectivity index (χ1n) is 8.83. The summed E-state index contributed by atoms with van der Waals surface area (Å²) in [5, 5.41) is 7.65. The Morgan fingerprint density at radius 3 is 2.47 bits per heavy atom. The zero-order valence-electron chi connectivity index (χ0n) is 16.0. The Bertz CT molecular complexity index is 1020. The van der Waals surface area contributed by atoms with E-state index in [4.69, 9.17) is 4.74 Å². The lowest BCUT2D eigenvalue weighted by molar-refractivity contribution is -0.0950. The first-order chi connectivity index (χ1) is 14.3. The first-order valence-corrected chi connectivity index (χ1v) is 10.1. The summed E-state index contributed by atoms with van der Waals surface area (Å²) in [7, 11) is -1.40. The van der Waals surface area contributed by atoms with Gasteiger partial charge in [0.2, 0.25) is 5.88 Å². The SMILES string of the molecule is CCS(=O)c1cnc(-c2ncccn2)nc1-c1ccc(OCC(F)(F)C(C)F)nn1. The Labute approximate surface area is 172 Å². The van der Waals surface area contributed by atoms with Crippen LogP contribution in [0.3, 0.4) is 0 Å². The highest BCUT2D eigenvalue weighted by atomic mass is 32.2. The van der Waals surface area contributed by atoms with Crippen LogP contribution in [0.5, 0.6) is 5.88 Å². The smallest absolute Gasteiger partial charge is 0.311 e. The standard InChI is InChI=1S/C18H17F3N6O2S/c1-3-30(28)13-9-24-17(16-22-7-4-8-23-16)25-15(13)12-5-6-14(27-26-12)29-10-18(20,21)11(2)19/h4-9,11H,3,10H2,1-2H3. The van der Waals surface area contributed by atoms with Crippen LogP contribution in [0.4, 0.5) is 13.2 Å². The highest BCUT2D eigenvalue weighted by molar-refractivity contribution is 7.85. The lowest BCUT2D eigenvalue weighted by atomic mass is 10.2. The Morgan fingerprint density at radius 1 is 1.13 bits per heavy atom. The second-order valence-electron chi connectivity index (χ2n) is 6.04. The number of ether oxygens (including phenoxy) is 1. The largest absolute Gasteiger partial charge is 0.470 e. The third-order valence-electron chi connectivity index (χ3n) is 3.91. The molecule has 0 radical (unpaired) electrons. The summed E-state index contributed by atoms with van der Waals surface area (Å²) in [5.41, 5.74) is 0.471. The zero-order chi connectivity index (χ0) is 21.7. The minimum Gasteiger partial charge on any atom is -0.470 e. The van der Waals surface area contributed by atoms with Crippen molar-refractivity contribution in [3.8, 4) is 28.9 Å². The van der Waals surface area contributed by atoms with Gasteiger partial charge in [0.15, 0.2) is 24.4 Å². The van der Waals surface area contributed by atoms with Crippen molar-refractivity contribution >= 4 is 10.8 Å². The molecule has 2 unspecified atom stereocenters. The highest BCUT2D eigenvalue weighted by Crippen LogP contribution is 2.26. The van der Waals surface area contributed by atoms with E-state index >= 15 is 0 Å². The lowest BCUT2D eigenvalue weighted by Gasteiger charge is -2.17.